The molecule has 2 aromatic rings. The summed E-state index contributed by atoms with van der Waals surface area (Å²) in [6.45, 7) is 6.58. The predicted molar refractivity (Wildman–Crippen MR) is 91.9 cm³/mol. The number of carboxylic acids is 1. The van der Waals surface area contributed by atoms with E-state index in [9.17, 15) is 14.4 Å². The Bertz CT molecular complexity index is 870. The van der Waals surface area contributed by atoms with Gasteiger partial charge in [-0.15, -0.1) is 0 Å². The van der Waals surface area contributed by atoms with Crippen LogP contribution in [0.4, 0.5) is 0 Å². The van der Waals surface area contributed by atoms with E-state index >= 15 is 0 Å². The van der Waals surface area contributed by atoms with E-state index in [0.717, 1.165) is 10.9 Å². The molecule has 0 fully saturated rings. The van der Waals surface area contributed by atoms with Gasteiger partial charge in [-0.2, -0.15) is 0 Å². The molecule has 0 aliphatic rings. The van der Waals surface area contributed by atoms with Gasteiger partial charge >= 0.3 is 11.6 Å². The predicted octanol–water partition coefficient (Wildman–Crippen LogP) is 2.02. The molecule has 0 spiro atoms. The minimum absolute atomic E-state index is 0.398. The van der Waals surface area contributed by atoms with Crippen molar-refractivity contribution in [2.75, 3.05) is 0 Å². The number of hydrogen-bond donors (Lipinski definition) is 2. The third kappa shape index (κ3) is 3.99. The SMILES string of the molecule is CCc1cc(=O)oc2c(C)c(OC(C)C(=O)N[C@@H](C)C(=O)O)ccc12. The van der Waals surface area contributed by atoms with Gasteiger partial charge in [0.15, 0.2) is 6.10 Å². The van der Waals surface area contributed by atoms with Crippen LogP contribution in [0.5, 0.6) is 5.75 Å². The number of carboxylic acid groups (broad SMARTS) is 1. The van der Waals surface area contributed by atoms with E-state index in [4.69, 9.17) is 14.3 Å². The number of aliphatic carboxylic acids is 1. The van der Waals surface area contributed by atoms with Crippen LogP contribution in [0.3, 0.4) is 0 Å². The Balaban J connectivity index is 2.30. The highest BCUT2D eigenvalue weighted by Gasteiger charge is 2.21. The average molecular weight is 347 g/mol. The van der Waals surface area contributed by atoms with Crippen LogP contribution < -0.4 is 15.7 Å². The minimum atomic E-state index is -1.13. The summed E-state index contributed by atoms with van der Waals surface area (Å²) >= 11 is 0. The fourth-order valence-electron chi connectivity index (χ4n) is 2.46. The van der Waals surface area contributed by atoms with Crippen LogP contribution in [0.1, 0.15) is 31.9 Å². The van der Waals surface area contributed by atoms with Crippen LogP contribution in [0.15, 0.2) is 27.4 Å². The standard InChI is InChI=1S/C18H21NO6/c1-5-12-8-15(20)25-16-9(2)14(7-6-13(12)16)24-11(4)17(21)19-10(3)18(22)23/h6-8,10-11H,5H2,1-4H3,(H,19,21)(H,22,23)/t10-,11?/m0/s1. The highest BCUT2D eigenvalue weighted by Crippen LogP contribution is 2.29. The molecule has 2 atom stereocenters. The fraction of sp³-hybridized carbons (Fsp3) is 0.389. The Morgan fingerprint density at radius 2 is 2.00 bits per heavy atom. The largest absolute Gasteiger partial charge is 0.480 e. The number of fused-ring (bicyclic) bond motifs is 1. The quantitative estimate of drug-likeness (QED) is 0.775. The van der Waals surface area contributed by atoms with Crippen molar-refractivity contribution in [3.8, 4) is 5.75 Å². The first-order valence-corrected chi connectivity index (χ1v) is 8.00. The molecule has 1 unspecified atom stereocenters. The molecular formula is C18H21NO6. The second-order valence-electron chi connectivity index (χ2n) is 5.84. The number of amides is 1. The zero-order valence-electron chi connectivity index (χ0n) is 14.6. The second-order valence-corrected chi connectivity index (χ2v) is 5.84. The van der Waals surface area contributed by atoms with E-state index in [1.54, 1.807) is 19.1 Å². The number of hydrogen-bond acceptors (Lipinski definition) is 5. The zero-order valence-corrected chi connectivity index (χ0v) is 14.6. The van der Waals surface area contributed by atoms with Gasteiger partial charge in [0.1, 0.15) is 17.4 Å². The van der Waals surface area contributed by atoms with Gasteiger partial charge < -0.3 is 19.6 Å². The normalized spacial score (nSPS) is 13.3. The lowest BCUT2D eigenvalue weighted by Gasteiger charge is -2.18. The van der Waals surface area contributed by atoms with Gasteiger partial charge in [-0.3, -0.25) is 9.59 Å². The maximum Gasteiger partial charge on any atom is 0.336 e. The average Bonchev–Trinajstić information content (AvgIpc) is 2.56. The molecular weight excluding hydrogens is 326 g/mol. The molecule has 1 aromatic carbocycles. The van der Waals surface area contributed by atoms with E-state index < -0.39 is 29.6 Å². The molecule has 0 radical (unpaired) electrons. The fourth-order valence-corrected chi connectivity index (χ4v) is 2.46. The van der Waals surface area contributed by atoms with Crippen molar-refractivity contribution in [1.29, 1.82) is 0 Å². The van der Waals surface area contributed by atoms with Crippen molar-refractivity contribution in [2.45, 2.75) is 46.3 Å². The third-order valence-electron chi connectivity index (χ3n) is 3.98. The van der Waals surface area contributed by atoms with E-state index in [1.165, 1.54) is 19.9 Å². The summed E-state index contributed by atoms with van der Waals surface area (Å²) < 4.78 is 10.9. The summed E-state index contributed by atoms with van der Waals surface area (Å²) in [4.78, 5) is 34.5. The molecule has 25 heavy (non-hydrogen) atoms. The van der Waals surface area contributed by atoms with E-state index in [2.05, 4.69) is 5.32 Å². The molecule has 0 aliphatic heterocycles. The smallest absolute Gasteiger partial charge is 0.336 e. The number of nitrogens with one attached hydrogen (secondary N) is 1. The Morgan fingerprint density at radius 1 is 1.32 bits per heavy atom. The first-order valence-electron chi connectivity index (χ1n) is 8.00. The highest BCUT2D eigenvalue weighted by atomic mass is 16.5. The number of carbonyl (C=O) groups is 2. The van der Waals surface area contributed by atoms with Crippen molar-refractivity contribution in [2.24, 2.45) is 0 Å². The van der Waals surface area contributed by atoms with Crippen LogP contribution in [-0.4, -0.2) is 29.1 Å². The molecule has 2 N–H and O–H groups in total. The van der Waals surface area contributed by atoms with Crippen LogP contribution in [0.25, 0.3) is 11.0 Å². The van der Waals surface area contributed by atoms with Crippen LogP contribution in [-0.2, 0) is 16.0 Å². The number of aryl methyl sites for hydroxylation is 2. The lowest BCUT2D eigenvalue weighted by molar-refractivity contribution is -0.142. The summed E-state index contributed by atoms with van der Waals surface area (Å²) in [7, 11) is 0. The van der Waals surface area contributed by atoms with Crippen molar-refractivity contribution in [3.63, 3.8) is 0 Å². The van der Waals surface area contributed by atoms with Crippen molar-refractivity contribution in [3.05, 3.63) is 39.7 Å². The summed E-state index contributed by atoms with van der Waals surface area (Å²) in [5.74, 6) is -1.27. The van der Waals surface area contributed by atoms with Crippen molar-refractivity contribution in [1.82, 2.24) is 5.32 Å². The summed E-state index contributed by atoms with van der Waals surface area (Å²) in [5.41, 5.74) is 1.47. The highest BCUT2D eigenvalue weighted by molar-refractivity contribution is 5.87. The van der Waals surface area contributed by atoms with Gasteiger partial charge in [-0.05, 0) is 44.9 Å². The maximum absolute atomic E-state index is 12.0. The number of rotatable bonds is 6. The van der Waals surface area contributed by atoms with Crippen LogP contribution in [0, 0.1) is 6.92 Å². The summed E-state index contributed by atoms with van der Waals surface area (Å²) in [6.07, 6.45) is -0.216. The minimum Gasteiger partial charge on any atom is -0.480 e. The lowest BCUT2D eigenvalue weighted by atomic mass is 10.0. The number of ether oxygens (including phenoxy) is 1. The van der Waals surface area contributed by atoms with Crippen LogP contribution in [0.2, 0.25) is 0 Å². The monoisotopic (exact) mass is 347 g/mol. The molecule has 1 amide bonds. The first-order chi connectivity index (χ1) is 11.7. The Kier molecular flexibility index (Phi) is 5.46. The molecule has 7 heteroatoms. The summed E-state index contributed by atoms with van der Waals surface area (Å²) in [6, 6.07) is 3.94. The Hall–Kier alpha value is -2.83. The van der Waals surface area contributed by atoms with Gasteiger partial charge in [-0.1, -0.05) is 6.92 Å². The molecule has 7 nitrogen and oxygen atoms in total. The summed E-state index contributed by atoms with van der Waals surface area (Å²) in [5, 5.41) is 12.0. The maximum atomic E-state index is 12.0. The molecule has 1 aromatic heterocycles. The second kappa shape index (κ2) is 7.38. The van der Waals surface area contributed by atoms with Gasteiger partial charge in [-0.25, -0.2) is 4.79 Å². The van der Waals surface area contributed by atoms with Gasteiger partial charge in [0.25, 0.3) is 5.91 Å². The van der Waals surface area contributed by atoms with Gasteiger partial charge in [0.2, 0.25) is 0 Å². The third-order valence-corrected chi connectivity index (χ3v) is 3.98. The number of carbonyl (C=O) groups excluding carboxylic acids is 1. The molecule has 0 aliphatic carbocycles. The Morgan fingerprint density at radius 3 is 2.60 bits per heavy atom. The molecule has 134 valence electrons. The van der Waals surface area contributed by atoms with Gasteiger partial charge in [0.05, 0.1) is 0 Å². The number of benzene rings is 1. The topological polar surface area (TPSA) is 106 Å². The first kappa shape index (κ1) is 18.5. The van der Waals surface area contributed by atoms with Gasteiger partial charge in [0, 0.05) is 17.0 Å². The molecule has 0 saturated heterocycles. The molecule has 0 bridgehead atoms. The zero-order chi connectivity index (χ0) is 18.7. The van der Waals surface area contributed by atoms with Crippen LogP contribution >= 0.6 is 0 Å². The molecule has 2 rings (SSSR count). The molecule has 0 saturated carbocycles. The Labute approximate surface area is 144 Å². The van der Waals surface area contributed by atoms with E-state index in [1.807, 2.05) is 6.92 Å². The molecule has 1 heterocycles. The van der Waals surface area contributed by atoms with E-state index in [-0.39, 0.29) is 0 Å². The van der Waals surface area contributed by atoms with E-state index in [0.29, 0.717) is 23.3 Å². The van der Waals surface area contributed by atoms with Crippen molar-refractivity contribution < 1.29 is 23.8 Å². The van der Waals surface area contributed by atoms with Crippen molar-refractivity contribution >= 4 is 22.8 Å². The lowest BCUT2D eigenvalue weighted by Crippen LogP contribution is -2.44.